The summed E-state index contributed by atoms with van der Waals surface area (Å²) < 4.78 is 13.7. The maximum atomic E-state index is 13.7. The summed E-state index contributed by atoms with van der Waals surface area (Å²) in [5, 5.41) is 9.46. The number of hydrogen-bond donors (Lipinski definition) is 2. The van der Waals surface area contributed by atoms with Gasteiger partial charge in [0.05, 0.1) is 11.5 Å². The van der Waals surface area contributed by atoms with Crippen molar-refractivity contribution in [2.24, 2.45) is 0 Å². The Morgan fingerprint density at radius 1 is 1.50 bits per heavy atom. The molecule has 0 bridgehead atoms. The van der Waals surface area contributed by atoms with E-state index in [9.17, 15) is 9.18 Å². The van der Waals surface area contributed by atoms with Crippen LogP contribution in [-0.2, 0) is 6.61 Å². The summed E-state index contributed by atoms with van der Waals surface area (Å²) in [6.07, 6.45) is 0. The fourth-order valence-electron chi connectivity index (χ4n) is 1.49. The molecular formula is C12H11FN2O2S. The van der Waals surface area contributed by atoms with Gasteiger partial charge in [0, 0.05) is 11.8 Å². The van der Waals surface area contributed by atoms with Crippen LogP contribution in [0.25, 0.3) is 0 Å². The van der Waals surface area contributed by atoms with Crippen LogP contribution in [0.3, 0.4) is 0 Å². The van der Waals surface area contributed by atoms with E-state index < -0.39 is 5.82 Å². The number of aliphatic hydroxyl groups excluding tert-OH is 1. The van der Waals surface area contributed by atoms with Gasteiger partial charge < -0.3 is 10.1 Å². The topological polar surface area (TPSA) is 66.0 Å². The van der Waals surface area contributed by atoms with Crippen LogP contribution in [0.2, 0.25) is 0 Å². The van der Waals surface area contributed by atoms with E-state index in [-0.39, 0.29) is 17.1 Å². The van der Waals surface area contributed by atoms with Crippen LogP contribution in [-0.4, -0.2) is 15.1 Å². The van der Waals surface area contributed by atoms with E-state index in [0.717, 1.165) is 11.8 Å². The lowest BCUT2D eigenvalue weighted by Crippen LogP contribution is -2.08. The number of H-pyrrole nitrogens is 1. The minimum absolute atomic E-state index is 0.268. The molecule has 0 spiro atoms. The highest BCUT2D eigenvalue weighted by Gasteiger charge is 2.11. The van der Waals surface area contributed by atoms with Gasteiger partial charge in [-0.05, 0) is 30.3 Å². The van der Waals surface area contributed by atoms with Crippen molar-refractivity contribution < 1.29 is 9.50 Å². The molecule has 0 atom stereocenters. The van der Waals surface area contributed by atoms with Gasteiger partial charge in [0.25, 0.3) is 5.56 Å². The number of nitrogens with one attached hydrogen (secondary N) is 1. The van der Waals surface area contributed by atoms with Crippen LogP contribution >= 0.6 is 11.8 Å². The maximum absolute atomic E-state index is 13.7. The molecule has 1 heterocycles. The highest BCUT2D eigenvalue weighted by Crippen LogP contribution is 2.30. The third-order valence-corrected chi connectivity index (χ3v) is 3.31. The van der Waals surface area contributed by atoms with Gasteiger partial charge in [0.2, 0.25) is 0 Å². The van der Waals surface area contributed by atoms with Crippen molar-refractivity contribution in [2.45, 2.75) is 23.6 Å². The van der Waals surface area contributed by atoms with E-state index in [0.29, 0.717) is 16.4 Å². The first kappa shape index (κ1) is 12.8. The molecule has 0 aliphatic heterocycles. The zero-order chi connectivity index (χ0) is 13.1. The van der Waals surface area contributed by atoms with Gasteiger partial charge in [0.15, 0.2) is 5.16 Å². The molecule has 0 saturated heterocycles. The molecule has 0 radical (unpaired) electrons. The minimum atomic E-state index is -0.448. The fraction of sp³-hybridized carbons (Fsp3) is 0.167. The molecule has 4 nitrogen and oxygen atoms in total. The number of aliphatic hydroxyl groups is 1. The quantitative estimate of drug-likeness (QED) is 0.832. The molecule has 18 heavy (non-hydrogen) atoms. The van der Waals surface area contributed by atoms with Gasteiger partial charge in [-0.25, -0.2) is 9.37 Å². The van der Waals surface area contributed by atoms with Gasteiger partial charge in [-0.15, -0.1) is 0 Å². The summed E-state index contributed by atoms with van der Waals surface area (Å²) in [5.74, 6) is -0.448. The number of hydrogen-bond acceptors (Lipinski definition) is 4. The van der Waals surface area contributed by atoms with Crippen molar-refractivity contribution in [3.63, 3.8) is 0 Å². The van der Waals surface area contributed by atoms with E-state index in [4.69, 9.17) is 5.11 Å². The second-order valence-electron chi connectivity index (χ2n) is 3.68. The Hall–Kier alpha value is -1.66. The number of nitrogens with zero attached hydrogens (tertiary/aromatic N) is 1. The molecule has 6 heteroatoms. The number of rotatable bonds is 3. The first-order valence-corrected chi connectivity index (χ1v) is 6.06. The predicted octanol–water partition coefficient (Wildman–Crippen LogP) is 1.86. The second-order valence-corrected chi connectivity index (χ2v) is 4.68. The highest BCUT2D eigenvalue weighted by molar-refractivity contribution is 7.99. The van der Waals surface area contributed by atoms with Crippen molar-refractivity contribution in [3.05, 3.63) is 51.7 Å². The zero-order valence-electron chi connectivity index (χ0n) is 9.61. The van der Waals surface area contributed by atoms with Crippen LogP contribution in [0.4, 0.5) is 4.39 Å². The molecular weight excluding hydrogens is 255 g/mol. The monoisotopic (exact) mass is 266 g/mol. The summed E-state index contributed by atoms with van der Waals surface area (Å²) in [4.78, 5) is 18.2. The first-order chi connectivity index (χ1) is 8.60. The van der Waals surface area contributed by atoms with Crippen molar-refractivity contribution in [2.75, 3.05) is 0 Å². The van der Waals surface area contributed by atoms with Crippen molar-refractivity contribution in [1.82, 2.24) is 9.97 Å². The van der Waals surface area contributed by atoms with Crippen molar-refractivity contribution in [1.29, 1.82) is 0 Å². The number of aromatic nitrogens is 2. The predicted molar refractivity (Wildman–Crippen MR) is 66.0 cm³/mol. The maximum Gasteiger partial charge on any atom is 0.251 e. The SMILES string of the molecule is Cc1cc(=O)[nH]c(Sc2c(F)cccc2CO)n1. The van der Waals surface area contributed by atoms with Gasteiger partial charge in [-0.2, -0.15) is 0 Å². The third-order valence-electron chi connectivity index (χ3n) is 2.27. The van der Waals surface area contributed by atoms with E-state index in [2.05, 4.69) is 9.97 Å². The van der Waals surface area contributed by atoms with Gasteiger partial charge >= 0.3 is 0 Å². The Morgan fingerprint density at radius 2 is 2.28 bits per heavy atom. The first-order valence-electron chi connectivity index (χ1n) is 5.24. The standard InChI is InChI=1S/C12H11FN2O2S/c1-7-5-10(17)15-12(14-7)18-11-8(6-16)3-2-4-9(11)13/h2-5,16H,6H2,1H3,(H,14,15,17). The zero-order valence-corrected chi connectivity index (χ0v) is 10.4. The van der Waals surface area contributed by atoms with E-state index in [1.54, 1.807) is 13.0 Å². The Labute approximate surface area is 107 Å². The second kappa shape index (κ2) is 5.32. The van der Waals surface area contributed by atoms with E-state index in [1.807, 2.05) is 0 Å². The smallest absolute Gasteiger partial charge is 0.251 e. The number of aryl methyl sites for hydroxylation is 1. The normalized spacial score (nSPS) is 10.6. The van der Waals surface area contributed by atoms with Gasteiger partial charge in [0.1, 0.15) is 5.82 Å². The Bertz CT molecular complexity index is 628. The number of benzene rings is 1. The number of aromatic amines is 1. The van der Waals surface area contributed by atoms with Crippen LogP contribution in [0.5, 0.6) is 0 Å². The Morgan fingerprint density at radius 3 is 2.94 bits per heavy atom. The molecule has 0 unspecified atom stereocenters. The summed E-state index contributed by atoms with van der Waals surface area (Å²) in [6.45, 7) is 1.42. The lowest BCUT2D eigenvalue weighted by molar-refractivity contribution is 0.277. The van der Waals surface area contributed by atoms with Crippen molar-refractivity contribution in [3.8, 4) is 0 Å². The van der Waals surface area contributed by atoms with E-state index >= 15 is 0 Å². The average molecular weight is 266 g/mol. The van der Waals surface area contributed by atoms with Crippen molar-refractivity contribution >= 4 is 11.8 Å². The highest BCUT2D eigenvalue weighted by atomic mass is 32.2. The molecule has 0 fully saturated rings. The lowest BCUT2D eigenvalue weighted by atomic mass is 10.2. The summed E-state index contributed by atoms with van der Waals surface area (Å²) in [7, 11) is 0. The third kappa shape index (κ3) is 2.77. The molecule has 0 aliphatic rings. The van der Waals surface area contributed by atoms with Crippen LogP contribution in [0, 0.1) is 12.7 Å². The van der Waals surface area contributed by atoms with E-state index in [1.165, 1.54) is 18.2 Å². The Balaban J connectivity index is 2.42. The summed E-state index contributed by atoms with van der Waals surface area (Å²) in [6, 6.07) is 5.81. The molecule has 2 aromatic rings. The summed E-state index contributed by atoms with van der Waals surface area (Å²) >= 11 is 0.992. The van der Waals surface area contributed by atoms with Crippen LogP contribution < -0.4 is 5.56 Å². The molecule has 0 saturated carbocycles. The molecule has 94 valence electrons. The molecule has 1 aromatic heterocycles. The molecule has 1 aromatic carbocycles. The molecule has 2 rings (SSSR count). The minimum Gasteiger partial charge on any atom is -0.392 e. The summed E-state index contributed by atoms with van der Waals surface area (Å²) in [5.41, 5.74) is 0.735. The Kier molecular flexibility index (Phi) is 3.78. The fourth-order valence-corrected chi connectivity index (χ4v) is 2.45. The van der Waals surface area contributed by atoms with Gasteiger partial charge in [-0.3, -0.25) is 4.79 Å². The molecule has 2 N–H and O–H groups in total. The lowest BCUT2D eigenvalue weighted by Gasteiger charge is -2.07. The average Bonchev–Trinajstić information content (AvgIpc) is 2.30. The molecule has 0 amide bonds. The van der Waals surface area contributed by atoms with Gasteiger partial charge in [-0.1, -0.05) is 12.1 Å². The number of halogens is 1. The van der Waals surface area contributed by atoms with Crippen LogP contribution in [0.15, 0.2) is 39.1 Å². The largest absolute Gasteiger partial charge is 0.392 e. The molecule has 0 aliphatic carbocycles. The van der Waals surface area contributed by atoms with Crippen LogP contribution in [0.1, 0.15) is 11.3 Å².